The van der Waals surface area contributed by atoms with E-state index in [1.54, 1.807) is 7.11 Å². The van der Waals surface area contributed by atoms with Crippen LogP contribution in [0.3, 0.4) is 0 Å². The van der Waals surface area contributed by atoms with E-state index < -0.39 is 0 Å². The van der Waals surface area contributed by atoms with Crippen molar-refractivity contribution < 1.29 is 14.6 Å². The van der Waals surface area contributed by atoms with Crippen LogP contribution in [-0.2, 0) is 0 Å². The molecule has 0 aliphatic carbocycles. The van der Waals surface area contributed by atoms with Gasteiger partial charge in [-0.05, 0) is 23.6 Å². The Morgan fingerprint density at radius 2 is 2.00 bits per heavy atom. The molecule has 0 atom stereocenters. The van der Waals surface area contributed by atoms with Crippen LogP contribution in [0.1, 0.15) is 25.3 Å². The Morgan fingerprint density at radius 1 is 1.27 bits per heavy atom. The van der Waals surface area contributed by atoms with Gasteiger partial charge >= 0.3 is 0 Å². The van der Waals surface area contributed by atoms with Crippen LogP contribution in [0.25, 0.3) is 0 Å². The van der Waals surface area contributed by atoms with Crippen LogP contribution in [0.2, 0.25) is 0 Å². The maximum absolute atomic E-state index is 8.70. The van der Waals surface area contributed by atoms with Gasteiger partial charge in [-0.15, -0.1) is 0 Å². The lowest BCUT2D eigenvalue weighted by atomic mass is 10.0. The minimum Gasteiger partial charge on any atom is -0.493 e. The first kappa shape index (κ1) is 11.9. The number of aliphatic hydroxyl groups excluding tert-OH is 1. The fraction of sp³-hybridized carbons (Fsp3) is 0.500. The molecular formula is C12H18O3. The summed E-state index contributed by atoms with van der Waals surface area (Å²) < 4.78 is 10.6. The van der Waals surface area contributed by atoms with Crippen LogP contribution in [0.5, 0.6) is 11.5 Å². The van der Waals surface area contributed by atoms with Crippen LogP contribution >= 0.6 is 0 Å². The zero-order chi connectivity index (χ0) is 11.3. The Kier molecular flexibility index (Phi) is 4.43. The third-order valence-electron chi connectivity index (χ3n) is 2.20. The zero-order valence-corrected chi connectivity index (χ0v) is 9.49. The van der Waals surface area contributed by atoms with E-state index in [0.717, 1.165) is 0 Å². The summed E-state index contributed by atoms with van der Waals surface area (Å²) in [5.74, 6) is 1.85. The van der Waals surface area contributed by atoms with E-state index in [9.17, 15) is 0 Å². The molecular weight excluding hydrogens is 192 g/mol. The Morgan fingerprint density at radius 3 is 2.53 bits per heavy atom. The highest BCUT2D eigenvalue weighted by Gasteiger charge is 2.07. The number of hydrogen-bond acceptors (Lipinski definition) is 3. The topological polar surface area (TPSA) is 38.7 Å². The first-order chi connectivity index (χ1) is 7.19. The van der Waals surface area contributed by atoms with E-state index in [2.05, 4.69) is 13.8 Å². The molecule has 1 N–H and O–H groups in total. The summed E-state index contributed by atoms with van der Waals surface area (Å²) in [6.07, 6.45) is 0. The van der Waals surface area contributed by atoms with E-state index in [4.69, 9.17) is 14.6 Å². The smallest absolute Gasteiger partial charge is 0.161 e. The average Bonchev–Trinajstić information content (AvgIpc) is 2.25. The molecule has 0 bridgehead atoms. The van der Waals surface area contributed by atoms with Crippen molar-refractivity contribution in [3.05, 3.63) is 23.8 Å². The van der Waals surface area contributed by atoms with Gasteiger partial charge in [-0.3, -0.25) is 0 Å². The van der Waals surface area contributed by atoms with E-state index in [0.29, 0.717) is 17.4 Å². The number of benzene rings is 1. The Labute approximate surface area is 90.6 Å². The summed E-state index contributed by atoms with van der Waals surface area (Å²) in [5, 5.41) is 8.70. The fourth-order valence-electron chi connectivity index (χ4n) is 1.32. The van der Waals surface area contributed by atoms with Crippen molar-refractivity contribution in [1.82, 2.24) is 0 Å². The van der Waals surface area contributed by atoms with E-state index in [-0.39, 0.29) is 13.2 Å². The maximum atomic E-state index is 8.70. The normalized spacial score (nSPS) is 10.5. The summed E-state index contributed by atoms with van der Waals surface area (Å²) in [4.78, 5) is 0. The molecule has 1 aromatic rings. The summed E-state index contributed by atoms with van der Waals surface area (Å²) in [6, 6.07) is 5.87. The molecule has 3 heteroatoms. The molecule has 0 heterocycles. The standard InChI is InChI=1S/C12H18O3/c1-9(2)10-4-5-11(14-3)12(8-10)15-7-6-13/h4-5,8-9,13H,6-7H2,1-3H3. The van der Waals surface area contributed by atoms with E-state index >= 15 is 0 Å². The van der Waals surface area contributed by atoms with Gasteiger partial charge in [0.2, 0.25) is 0 Å². The third-order valence-corrected chi connectivity index (χ3v) is 2.20. The van der Waals surface area contributed by atoms with Gasteiger partial charge in [0.25, 0.3) is 0 Å². The molecule has 0 aromatic heterocycles. The molecule has 15 heavy (non-hydrogen) atoms. The number of ether oxygens (including phenoxy) is 2. The molecule has 0 saturated carbocycles. The molecule has 84 valence electrons. The Hall–Kier alpha value is -1.22. The van der Waals surface area contributed by atoms with Crippen LogP contribution < -0.4 is 9.47 Å². The Balaban J connectivity index is 2.91. The predicted molar refractivity (Wildman–Crippen MR) is 59.7 cm³/mol. The molecule has 0 saturated heterocycles. The van der Waals surface area contributed by atoms with Crippen molar-refractivity contribution in [1.29, 1.82) is 0 Å². The molecule has 0 aliphatic rings. The highest BCUT2D eigenvalue weighted by molar-refractivity contribution is 5.43. The molecule has 0 spiro atoms. The van der Waals surface area contributed by atoms with Crippen LogP contribution in [0.15, 0.2) is 18.2 Å². The minimum absolute atomic E-state index is 0.00899. The number of methoxy groups -OCH3 is 1. The lowest BCUT2D eigenvalue weighted by Gasteiger charge is -2.13. The van der Waals surface area contributed by atoms with Crippen LogP contribution in [0.4, 0.5) is 0 Å². The van der Waals surface area contributed by atoms with Crippen molar-refractivity contribution in [2.45, 2.75) is 19.8 Å². The van der Waals surface area contributed by atoms with Gasteiger partial charge in [-0.25, -0.2) is 0 Å². The first-order valence-corrected chi connectivity index (χ1v) is 5.10. The molecule has 0 aliphatic heterocycles. The zero-order valence-electron chi connectivity index (χ0n) is 9.49. The third kappa shape index (κ3) is 3.13. The highest BCUT2D eigenvalue weighted by atomic mass is 16.5. The van der Waals surface area contributed by atoms with Crippen molar-refractivity contribution >= 4 is 0 Å². The average molecular weight is 210 g/mol. The summed E-state index contributed by atoms with van der Waals surface area (Å²) in [7, 11) is 1.61. The maximum Gasteiger partial charge on any atom is 0.161 e. The monoisotopic (exact) mass is 210 g/mol. The van der Waals surface area contributed by atoms with Gasteiger partial charge in [-0.2, -0.15) is 0 Å². The van der Waals surface area contributed by atoms with Crippen LogP contribution in [-0.4, -0.2) is 25.4 Å². The molecule has 1 aromatic carbocycles. The van der Waals surface area contributed by atoms with Crippen molar-refractivity contribution in [3.63, 3.8) is 0 Å². The van der Waals surface area contributed by atoms with Crippen molar-refractivity contribution in [3.8, 4) is 11.5 Å². The van der Waals surface area contributed by atoms with Gasteiger partial charge in [0.15, 0.2) is 11.5 Å². The summed E-state index contributed by atoms with van der Waals surface area (Å²) in [5.41, 5.74) is 1.20. The molecule has 0 fully saturated rings. The molecule has 1 rings (SSSR count). The van der Waals surface area contributed by atoms with Gasteiger partial charge in [0, 0.05) is 0 Å². The fourth-order valence-corrected chi connectivity index (χ4v) is 1.32. The van der Waals surface area contributed by atoms with Crippen molar-refractivity contribution in [2.24, 2.45) is 0 Å². The van der Waals surface area contributed by atoms with Crippen molar-refractivity contribution in [2.75, 3.05) is 20.3 Å². The van der Waals surface area contributed by atoms with E-state index in [1.165, 1.54) is 5.56 Å². The second kappa shape index (κ2) is 5.61. The first-order valence-electron chi connectivity index (χ1n) is 5.10. The number of rotatable bonds is 5. The lowest BCUT2D eigenvalue weighted by Crippen LogP contribution is -2.03. The second-order valence-corrected chi connectivity index (χ2v) is 3.64. The molecule has 3 nitrogen and oxygen atoms in total. The second-order valence-electron chi connectivity index (χ2n) is 3.64. The quantitative estimate of drug-likeness (QED) is 0.809. The SMILES string of the molecule is COc1ccc(C(C)C)cc1OCCO. The number of hydrogen-bond donors (Lipinski definition) is 1. The minimum atomic E-state index is 0.00899. The van der Waals surface area contributed by atoms with Gasteiger partial charge in [0.1, 0.15) is 6.61 Å². The summed E-state index contributed by atoms with van der Waals surface area (Å²) in [6.45, 7) is 4.54. The van der Waals surface area contributed by atoms with Gasteiger partial charge in [0.05, 0.1) is 13.7 Å². The molecule has 0 unspecified atom stereocenters. The lowest BCUT2D eigenvalue weighted by molar-refractivity contribution is 0.196. The van der Waals surface area contributed by atoms with Gasteiger partial charge < -0.3 is 14.6 Å². The highest BCUT2D eigenvalue weighted by Crippen LogP contribution is 2.30. The largest absolute Gasteiger partial charge is 0.493 e. The molecule has 0 radical (unpaired) electrons. The van der Waals surface area contributed by atoms with Gasteiger partial charge in [-0.1, -0.05) is 19.9 Å². The molecule has 0 amide bonds. The summed E-state index contributed by atoms with van der Waals surface area (Å²) >= 11 is 0. The predicted octanol–water partition coefficient (Wildman–Crippen LogP) is 2.19. The number of aliphatic hydroxyl groups is 1. The van der Waals surface area contributed by atoms with E-state index in [1.807, 2.05) is 18.2 Å². The van der Waals surface area contributed by atoms with Crippen LogP contribution in [0, 0.1) is 0 Å². The Bertz CT molecular complexity index is 308.